The minimum Gasteiger partial charge on any atom is -0.358 e. The van der Waals surface area contributed by atoms with E-state index in [-0.39, 0.29) is 44.0 Å². The number of rotatable bonds is 2. The van der Waals surface area contributed by atoms with Gasteiger partial charge in [-0.1, -0.05) is 76.3 Å². The maximum Gasteiger partial charge on any atom is 4.00 e. The number of benzene rings is 1. The maximum atomic E-state index is 2.47. The van der Waals surface area contributed by atoms with Crippen molar-refractivity contribution in [3.05, 3.63) is 74.9 Å². The van der Waals surface area contributed by atoms with Crippen molar-refractivity contribution < 1.29 is 21.7 Å². The first-order chi connectivity index (χ1) is 8.37. The van der Waals surface area contributed by atoms with Crippen molar-refractivity contribution in [3.8, 4) is 0 Å². The zero-order valence-corrected chi connectivity index (χ0v) is 18.4. The Balaban J connectivity index is -0.000000902. The van der Waals surface area contributed by atoms with E-state index in [4.69, 9.17) is 0 Å². The predicted octanol–water partition coefficient (Wildman–Crippen LogP) is 4.81. The summed E-state index contributed by atoms with van der Waals surface area (Å²) < 4.78 is 0. The summed E-state index contributed by atoms with van der Waals surface area (Å²) >= 11 is 0. The molecule has 2 aromatic carbocycles. The molecular formula is C20H32SiTi. The number of hydrogen-bond acceptors (Lipinski definition) is 0. The normalized spacial score (nSPS) is 9.73. The van der Waals surface area contributed by atoms with Gasteiger partial charge < -0.3 is 22.3 Å². The van der Waals surface area contributed by atoms with E-state index in [0.29, 0.717) is 0 Å². The second-order valence-corrected chi connectivity index (χ2v) is 10.2. The fourth-order valence-corrected chi connectivity index (χ4v) is 6.72. The molecule has 0 unspecified atom stereocenters. The van der Waals surface area contributed by atoms with Gasteiger partial charge in [0, 0.05) is 0 Å². The Hall–Kier alpha value is -0.499. The van der Waals surface area contributed by atoms with E-state index >= 15 is 0 Å². The van der Waals surface area contributed by atoms with Crippen LogP contribution < -0.4 is 10.4 Å². The van der Waals surface area contributed by atoms with Gasteiger partial charge in [-0.25, -0.2) is 0 Å². The van der Waals surface area contributed by atoms with Gasteiger partial charge in [-0.05, 0) is 0 Å². The van der Waals surface area contributed by atoms with Gasteiger partial charge in [0.15, 0.2) is 0 Å². The third-order valence-electron chi connectivity index (χ3n) is 4.56. The summed E-state index contributed by atoms with van der Waals surface area (Å²) in [6, 6.07) is 11.0. The average Bonchev–Trinajstić information content (AvgIpc) is 2.55. The van der Waals surface area contributed by atoms with E-state index in [1.807, 2.05) is 0 Å². The van der Waals surface area contributed by atoms with Crippen molar-refractivity contribution in [2.24, 2.45) is 0 Å². The van der Waals surface area contributed by atoms with Crippen LogP contribution >= 0.6 is 0 Å². The first kappa shape index (κ1) is 26.4. The van der Waals surface area contributed by atoms with Gasteiger partial charge in [-0.2, -0.15) is 22.3 Å². The van der Waals surface area contributed by atoms with E-state index in [1.54, 1.807) is 5.19 Å². The van der Waals surface area contributed by atoms with Crippen LogP contribution in [0.25, 0.3) is 0 Å². The summed E-state index contributed by atoms with van der Waals surface area (Å²) in [7, 11) is -1.56. The molecule has 0 spiro atoms. The van der Waals surface area contributed by atoms with Crippen molar-refractivity contribution in [3.63, 3.8) is 0 Å². The Bertz CT molecular complexity index is 540. The van der Waals surface area contributed by atoms with Crippen LogP contribution in [0.1, 0.15) is 22.3 Å². The standard InChI is InChI=1S/C17H23Si.3CH3.Ti/c1-12-13(2)15(4)17(14(12)3)18(5,6)16-10-8-7-9-11-16;;;;/h7-11H,1-6H3;3*1H3;/q4*-1;+4. The van der Waals surface area contributed by atoms with E-state index < -0.39 is 8.07 Å². The summed E-state index contributed by atoms with van der Waals surface area (Å²) in [6.07, 6.45) is 0. The van der Waals surface area contributed by atoms with Crippen molar-refractivity contribution in [2.45, 2.75) is 40.8 Å². The molecule has 0 saturated carbocycles. The second-order valence-electron chi connectivity index (χ2n) is 5.87. The molecule has 0 saturated heterocycles. The Morgan fingerprint density at radius 3 is 1.45 bits per heavy atom. The molecule has 0 N–H and O–H groups in total. The Labute approximate surface area is 155 Å². The van der Waals surface area contributed by atoms with Crippen LogP contribution in [-0.4, -0.2) is 8.07 Å². The van der Waals surface area contributed by atoms with Crippen molar-refractivity contribution in [1.29, 1.82) is 0 Å². The minimum atomic E-state index is -1.56. The fraction of sp³-hybridized carbons (Fsp3) is 0.300. The molecule has 0 aliphatic carbocycles. The molecular weight excluding hydrogens is 316 g/mol. The third-order valence-corrected chi connectivity index (χ3v) is 8.33. The summed E-state index contributed by atoms with van der Waals surface area (Å²) in [5.41, 5.74) is 6.01. The Morgan fingerprint density at radius 1 is 0.727 bits per heavy atom. The van der Waals surface area contributed by atoms with Gasteiger partial charge >= 0.3 is 21.7 Å². The number of hydrogen-bond donors (Lipinski definition) is 0. The molecule has 0 radical (unpaired) electrons. The van der Waals surface area contributed by atoms with E-state index in [1.165, 1.54) is 27.4 Å². The van der Waals surface area contributed by atoms with Gasteiger partial charge in [0.25, 0.3) is 0 Å². The van der Waals surface area contributed by atoms with Crippen LogP contribution in [0.4, 0.5) is 0 Å². The van der Waals surface area contributed by atoms with Gasteiger partial charge in [-0.15, -0.1) is 5.19 Å². The van der Waals surface area contributed by atoms with E-state index in [2.05, 4.69) is 71.1 Å². The van der Waals surface area contributed by atoms with Crippen molar-refractivity contribution >= 4 is 18.4 Å². The molecule has 0 aliphatic heterocycles. The molecule has 120 valence electrons. The fourth-order valence-electron chi connectivity index (χ4n) is 3.16. The van der Waals surface area contributed by atoms with Crippen LogP contribution in [-0.2, 0) is 21.7 Å². The van der Waals surface area contributed by atoms with Crippen molar-refractivity contribution in [2.75, 3.05) is 0 Å². The average molecular weight is 348 g/mol. The minimum absolute atomic E-state index is 0. The Kier molecular flexibility index (Phi) is 11.5. The summed E-state index contributed by atoms with van der Waals surface area (Å²) in [6.45, 7) is 14.0. The van der Waals surface area contributed by atoms with Crippen LogP contribution in [0, 0.1) is 50.0 Å². The molecule has 0 bridgehead atoms. The quantitative estimate of drug-likeness (QED) is 0.540. The van der Waals surface area contributed by atoms with Gasteiger partial charge in [0.1, 0.15) is 0 Å². The molecule has 2 rings (SSSR count). The molecule has 0 nitrogen and oxygen atoms in total. The molecule has 0 fully saturated rings. The second kappa shape index (κ2) is 9.60. The first-order valence-electron chi connectivity index (χ1n) is 6.66. The van der Waals surface area contributed by atoms with Crippen LogP contribution in [0.3, 0.4) is 0 Å². The summed E-state index contributed by atoms with van der Waals surface area (Å²) in [4.78, 5) is 0. The smallest absolute Gasteiger partial charge is 0.358 e. The maximum absolute atomic E-state index is 2.47. The molecule has 2 aromatic rings. The molecule has 0 heterocycles. The predicted molar refractivity (Wildman–Crippen MR) is 103 cm³/mol. The zero-order valence-electron chi connectivity index (χ0n) is 15.9. The molecule has 22 heavy (non-hydrogen) atoms. The van der Waals surface area contributed by atoms with E-state index in [9.17, 15) is 0 Å². The third kappa shape index (κ3) is 4.28. The first-order valence-corrected chi connectivity index (χ1v) is 9.66. The largest absolute Gasteiger partial charge is 4.00 e. The summed E-state index contributed by atoms with van der Waals surface area (Å²) in [5, 5.41) is 3.17. The van der Waals surface area contributed by atoms with Crippen LogP contribution in [0.15, 0.2) is 30.3 Å². The monoisotopic (exact) mass is 348 g/mol. The molecule has 0 atom stereocenters. The Morgan fingerprint density at radius 2 is 1.09 bits per heavy atom. The molecule has 0 aromatic heterocycles. The van der Waals surface area contributed by atoms with Crippen LogP contribution in [0.2, 0.25) is 13.1 Å². The summed E-state index contributed by atoms with van der Waals surface area (Å²) in [5.74, 6) is 0. The van der Waals surface area contributed by atoms with E-state index in [0.717, 1.165) is 0 Å². The van der Waals surface area contributed by atoms with Crippen LogP contribution in [0.5, 0.6) is 0 Å². The van der Waals surface area contributed by atoms with Gasteiger partial charge in [0.05, 0.1) is 8.07 Å². The molecule has 0 amide bonds. The SMILES string of the molecule is Cc1c(C)c(C)[c-]([Si](C)(C)c2ccccc2)c1C.[CH3-].[CH3-].[CH3-].[Ti+4]. The topological polar surface area (TPSA) is 0 Å². The van der Waals surface area contributed by atoms with Gasteiger partial charge in [0.2, 0.25) is 0 Å². The van der Waals surface area contributed by atoms with Crippen molar-refractivity contribution in [1.82, 2.24) is 0 Å². The molecule has 0 aliphatic rings. The molecule has 2 heteroatoms. The zero-order chi connectivity index (χ0) is 13.5. The van der Waals surface area contributed by atoms with Gasteiger partial charge in [-0.3, -0.25) is 0 Å².